The van der Waals surface area contributed by atoms with Gasteiger partial charge < -0.3 is 18.8 Å². The van der Waals surface area contributed by atoms with E-state index in [2.05, 4.69) is 4.57 Å². The van der Waals surface area contributed by atoms with Crippen LogP contribution in [0.2, 0.25) is 0 Å². The second kappa shape index (κ2) is 11.0. The molecule has 1 unspecified atom stereocenters. The first kappa shape index (κ1) is 26.0. The van der Waals surface area contributed by atoms with Gasteiger partial charge in [0, 0.05) is 31.0 Å². The number of hydrogen-bond acceptors (Lipinski definition) is 8. The second-order valence-corrected chi connectivity index (χ2v) is 12.1. The van der Waals surface area contributed by atoms with Crippen LogP contribution in [0.25, 0.3) is 11.0 Å². The van der Waals surface area contributed by atoms with Gasteiger partial charge in [0.25, 0.3) is 0 Å². The predicted octanol–water partition coefficient (Wildman–Crippen LogP) is 4.09. The van der Waals surface area contributed by atoms with Crippen LogP contribution in [-0.2, 0) is 31.8 Å². The van der Waals surface area contributed by atoms with Gasteiger partial charge in [0.15, 0.2) is 5.16 Å². The van der Waals surface area contributed by atoms with Gasteiger partial charge in [-0.25, -0.2) is 18.2 Å². The number of benzene rings is 2. The molecule has 2 fully saturated rings. The Morgan fingerprint density at radius 1 is 1.14 bits per heavy atom. The molecule has 2 aliphatic rings. The Labute approximate surface area is 221 Å². The number of methoxy groups -OCH3 is 2. The number of rotatable bonds is 9. The molecule has 198 valence electrons. The highest BCUT2D eigenvalue weighted by atomic mass is 32.2. The Hall–Kier alpha value is -2.60. The quantitative estimate of drug-likeness (QED) is 0.293. The van der Waals surface area contributed by atoms with Crippen molar-refractivity contribution in [3.63, 3.8) is 0 Å². The molecule has 0 radical (unpaired) electrons. The lowest BCUT2D eigenvalue weighted by Gasteiger charge is -2.16. The molecule has 37 heavy (non-hydrogen) atoms. The van der Waals surface area contributed by atoms with Gasteiger partial charge >= 0.3 is 5.97 Å². The molecule has 1 atom stereocenters. The van der Waals surface area contributed by atoms with Crippen molar-refractivity contribution in [2.75, 3.05) is 33.9 Å². The highest BCUT2D eigenvalue weighted by molar-refractivity contribution is 7.98. The summed E-state index contributed by atoms with van der Waals surface area (Å²) in [7, 11) is -0.620. The van der Waals surface area contributed by atoms with Crippen LogP contribution in [0, 0.1) is 0 Å². The topological polar surface area (TPSA) is 100.0 Å². The van der Waals surface area contributed by atoms with Gasteiger partial charge in [0.05, 0.1) is 48.4 Å². The van der Waals surface area contributed by atoms with Crippen molar-refractivity contribution in [1.29, 1.82) is 0 Å². The fourth-order valence-electron chi connectivity index (χ4n) is 4.86. The van der Waals surface area contributed by atoms with Gasteiger partial charge in [-0.1, -0.05) is 17.8 Å². The van der Waals surface area contributed by atoms with Crippen molar-refractivity contribution in [3.05, 3.63) is 47.5 Å². The molecule has 2 aliphatic heterocycles. The number of carbonyl (C=O) groups is 1. The first-order valence-electron chi connectivity index (χ1n) is 12.4. The van der Waals surface area contributed by atoms with Crippen molar-refractivity contribution in [1.82, 2.24) is 13.9 Å². The van der Waals surface area contributed by atoms with Gasteiger partial charge in [0.2, 0.25) is 10.0 Å². The third-order valence-electron chi connectivity index (χ3n) is 6.86. The molecule has 0 saturated carbocycles. The van der Waals surface area contributed by atoms with Crippen LogP contribution in [0.3, 0.4) is 0 Å². The van der Waals surface area contributed by atoms with Crippen molar-refractivity contribution in [2.45, 2.75) is 54.1 Å². The number of sulfonamides is 1. The summed E-state index contributed by atoms with van der Waals surface area (Å²) in [4.78, 5) is 17.0. The van der Waals surface area contributed by atoms with Crippen LogP contribution >= 0.6 is 11.8 Å². The molecule has 3 heterocycles. The highest BCUT2D eigenvalue weighted by Crippen LogP contribution is 2.33. The molecule has 0 amide bonds. The maximum Gasteiger partial charge on any atom is 0.337 e. The number of aromatic nitrogens is 2. The third kappa shape index (κ3) is 5.36. The van der Waals surface area contributed by atoms with Crippen molar-refractivity contribution >= 4 is 38.8 Å². The lowest BCUT2D eigenvalue weighted by atomic mass is 10.1. The average molecular weight is 546 g/mol. The Bertz CT molecular complexity index is 1390. The zero-order valence-corrected chi connectivity index (χ0v) is 22.6. The van der Waals surface area contributed by atoms with Crippen LogP contribution in [0.4, 0.5) is 0 Å². The maximum absolute atomic E-state index is 13.1. The van der Waals surface area contributed by atoms with Gasteiger partial charge in [-0.2, -0.15) is 4.31 Å². The van der Waals surface area contributed by atoms with E-state index in [0.717, 1.165) is 48.5 Å². The molecule has 11 heteroatoms. The largest absolute Gasteiger partial charge is 0.496 e. The van der Waals surface area contributed by atoms with E-state index in [1.165, 1.54) is 18.9 Å². The normalized spacial score (nSPS) is 18.5. The molecule has 2 saturated heterocycles. The third-order valence-corrected chi connectivity index (χ3v) is 9.78. The Balaban J connectivity index is 1.46. The zero-order chi connectivity index (χ0) is 26.0. The lowest BCUT2D eigenvalue weighted by molar-refractivity contribution is 0.0600. The molecule has 0 spiro atoms. The molecule has 2 aromatic carbocycles. The number of carbonyl (C=O) groups excluding carboxylic acids is 1. The summed E-state index contributed by atoms with van der Waals surface area (Å²) in [5.74, 6) is 0.727. The van der Waals surface area contributed by atoms with E-state index < -0.39 is 16.0 Å². The van der Waals surface area contributed by atoms with E-state index in [0.29, 0.717) is 42.2 Å². The molecule has 0 aliphatic carbocycles. The SMILES string of the molecule is COC(=O)c1ccc(CSc2nc3cc(S(=O)(=O)N4CCCC4)ccc3n2CC2CCCO2)c(OC)c1. The summed E-state index contributed by atoms with van der Waals surface area (Å²) in [6.07, 6.45) is 3.89. The minimum atomic E-state index is -3.54. The van der Waals surface area contributed by atoms with Gasteiger partial charge in [0.1, 0.15) is 5.75 Å². The minimum absolute atomic E-state index is 0.0960. The molecule has 0 N–H and O–H groups in total. The minimum Gasteiger partial charge on any atom is -0.496 e. The first-order valence-corrected chi connectivity index (χ1v) is 14.8. The van der Waals surface area contributed by atoms with E-state index in [9.17, 15) is 13.2 Å². The Morgan fingerprint density at radius 2 is 1.95 bits per heavy atom. The number of esters is 1. The highest BCUT2D eigenvalue weighted by Gasteiger charge is 2.28. The van der Waals surface area contributed by atoms with Crippen LogP contribution in [0.1, 0.15) is 41.6 Å². The number of thioether (sulfide) groups is 1. The van der Waals surface area contributed by atoms with Crippen molar-refractivity contribution < 1.29 is 27.4 Å². The Kier molecular flexibility index (Phi) is 7.75. The molecule has 1 aromatic heterocycles. The summed E-state index contributed by atoms with van der Waals surface area (Å²) >= 11 is 1.54. The predicted molar refractivity (Wildman–Crippen MR) is 141 cm³/mol. The van der Waals surface area contributed by atoms with Crippen LogP contribution in [0.15, 0.2) is 46.5 Å². The number of imidazole rings is 1. The molecule has 0 bridgehead atoms. The van der Waals surface area contributed by atoms with E-state index in [1.807, 2.05) is 12.1 Å². The summed E-state index contributed by atoms with van der Waals surface area (Å²) in [6, 6.07) is 10.5. The molecular weight excluding hydrogens is 514 g/mol. The van der Waals surface area contributed by atoms with E-state index in [4.69, 9.17) is 19.2 Å². The summed E-state index contributed by atoms with van der Waals surface area (Å²) in [5.41, 5.74) is 2.86. The number of fused-ring (bicyclic) bond motifs is 1. The number of hydrogen-bond donors (Lipinski definition) is 0. The smallest absolute Gasteiger partial charge is 0.337 e. The van der Waals surface area contributed by atoms with Crippen molar-refractivity contribution in [2.24, 2.45) is 0 Å². The molecule has 9 nitrogen and oxygen atoms in total. The standard InChI is InChI=1S/C26H31N3O6S2/c1-33-24-14-18(25(30)34-2)7-8-19(24)17-36-26-27-22-15-21(37(31,32)28-11-3-4-12-28)9-10-23(22)29(26)16-20-6-5-13-35-20/h7-10,14-15,20H,3-6,11-13,16-17H2,1-2H3. The van der Waals surface area contributed by atoms with E-state index >= 15 is 0 Å². The fraction of sp³-hybridized carbons (Fsp3) is 0.462. The van der Waals surface area contributed by atoms with Gasteiger partial charge in [-0.05, 0) is 56.0 Å². The van der Waals surface area contributed by atoms with Crippen LogP contribution in [0.5, 0.6) is 5.75 Å². The first-order chi connectivity index (χ1) is 17.9. The average Bonchev–Trinajstić information content (AvgIpc) is 3.69. The monoisotopic (exact) mass is 545 g/mol. The molecule has 3 aromatic rings. The summed E-state index contributed by atoms with van der Waals surface area (Å²) in [6.45, 7) is 2.52. The van der Waals surface area contributed by atoms with Crippen LogP contribution < -0.4 is 4.74 Å². The Morgan fingerprint density at radius 3 is 2.65 bits per heavy atom. The number of ether oxygens (including phenoxy) is 3. The van der Waals surface area contributed by atoms with Gasteiger partial charge in [-0.3, -0.25) is 0 Å². The summed E-state index contributed by atoms with van der Waals surface area (Å²) in [5, 5.41) is 0.778. The lowest BCUT2D eigenvalue weighted by Crippen LogP contribution is -2.27. The second-order valence-electron chi connectivity index (χ2n) is 9.21. The fourth-order valence-corrected chi connectivity index (χ4v) is 7.41. The van der Waals surface area contributed by atoms with E-state index in [-0.39, 0.29) is 11.0 Å². The van der Waals surface area contributed by atoms with Gasteiger partial charge in [-0.15, -0.1) is 0 Å². The molecular formula is C26H31N3O6S2. The zero-order valence-electron chi connectivity index (χ0n) is 21.0. The van der Waals surface area contributed by atoms with Crippen LogP contribution in [-0.4, -0.2) is 68.3 Å². The van der Waals surface area contributed by atoms with E-state index in [1.54, 1.807) is 35.7 Å². The maximum atomic E-state index is 13.1. The summed E-state index contributed by atoms with van der Waals surface area (Å²) < 4.78 is 46.2. The number of nitrogens with zero attached hydrogens (tertiary/aromatic N) is 3. The molecule has 5 rings (SSSR count). The van der Waals surface area contributed by atoms with Crippen molar-refractivity contribution in [3.8, 4) is 5.75 Å².